The Kier molecular flexibility index (Phi) is 3.46. The third-order valence-electron chi connectivity index (χ3n) is 3.20. The number of H-pyrrole nitrogens is 1. The third-order valence-corrected chi connectivity index (χ3v) is 3.20. The van der Waals surface area contributed by atoms with Crippen molar-refractivity contribution in [1.82, 2.24) is 10.2 Å². The molecule has 22 heavy (non-hydrogen) atoms. The molecule has 5 nitrogen and oxygen atoms in total. The van der Waals surface area contributed by atoms with E-state index in [2.05, 4.69) is 15.5 Å². The maximum Gasteiger partial charge on any atom is 0.258 e. The third kappa shape index (κ3) is 2.37. The first-order valence-corrected chi connectivity index (χ1v) is 6.37. The Morgan fingerprint density at radius 1 is 1.32 bits per heavy atom. The molecule has 0 atom stereocenters. The molecule has 0 saturated heterocycles. The van der Waals surface area contributed by atoms with Gasteiger partial charge in [-0.3, -0.25) is 9.89 Å². The summed E-state index contributed by atoms with van der Waals surface area (Å²) in [5.41, 5.74) is 0.617. The number of carbonyl (C=O) groups excluding carboxylic acids is 1. The lowest BCUT2D eigenvalue weighted by molar-refractivity contribution is 0.102. The second-order valence-electron chi connectivity index (χ2n) is 4.55. The minimum absolute atomic E-state index is 0.338. The molecule has 3 aromatic rings. The van der Waals surface area contributed by atoms with Crippen LogP contribution in [0.4, 0.5) is 14.5 Å². The fourth-order valence-electron chi connectivity index (χ4n) is 2.11. The second kappa shape index (κ2) is 5.44. The molecule has 0 spiro atoms. The highest BCUT2D eigenvalue weighted by atomic mass is 19.2. The van der Waals surface area contributed by atoms with Crippen molar-refractivity contribution in [2.45, 2.75) is 0 Å². The monoisotopic (exact) mass is 303 g/mol. The number of rotatable bonds is 3. The summed E-state index contributed by atoms with van der Waals surface area (Å²) in [5, 5.41) is 9.96. The van der Waals surface area contributed by atoms with Crippen molar-refractivity contribution in [2.24, 2.45) is 0 Å². The molecule has 0 aliphatic heterocycles. The van der Waals surface area contributed by atoms with Gasteiger partial charge in [-0.15, -0.1) is 0 Å². The van der Waals surface area contributed by atoms with Crippen LogP contribution in [0, 0.1) is 11.6 Å². The number of carbonyl (C=O) groups is 1. The summed E-state index contributed by atoms with van der Waals surface area (Å²) in [6.07, 6.45) is 1.65. The van der Waals surface area contributed by atoms with Gasteiger partial charge in [-0.05, 0) is 18.2 Å². The predicted octanol–water partition coefficient (Wildman–Crippen LogP) is 3.10. The van der Waals surface area contributed by atoms with E-state index in [-0.39, 0.29) is 5.56 Å². The van der Waals surface area contributed by atoms with Crippen LogP contribution in [-0.2, 0) is 0 Å². The summed E-state index contributed by atoms with van der Waals surface area (Å²) >= 11 is 0. The largest absolute Gasteiger partial charge is 0.494 e. The molecular weight excluding hydrogens is 292 g/mol. The smallest absolute Gasteiger partial charge is 0.258 e. The normalized spacial score (nSPS) is 10.7. The SMILES string of the molecule is COc1cc2n[nH]cc2cc1NC(=O)c1cccc(F)c1F. The minimum atomic E-state index is -1.19. The van der Waals surface area contributed by atoms with E-state index in [1.54, 1.807) is 18.3 Å². The zero-order valence-corrected chi connectivity index (χ0v) is 11.5. The lowest BCUT2D eigenvalue weighted by Crippen LogP contribution is -2.15. The molecule has 0 unspecified atom stereocenters. The number of benzene rings is 2. The summed E-state index contributed by atoms with van der Waals surface area (Å²) in [7, 11) is 1.44. The van der Waals surface area contributed by atoms with Gasteiger partial charge < -0.3 is 10.1 Å². The molecule has 0 saturated carbocycles. The highest BCUT2D eigenvalue weighted by molar-refractivity contribution is 6.06. The Hall–Kier alpha value is -2.96. The molecule has 0 fully saturated rings. The summed E-state index contributed by atoms with van der Waals surface area (Å²) in [6, 6.07) is 6.68. The summed E-state index contributed by atoms with van der Waals surface area (Å²) < 4.78 is 32.0. The van der Waals surface area contributed by atoms with Crippen molar-refractivity contribution < 1.29 is 18.3 Å². The topological polar surface area (TPSA) is 67.0 Å². The van der Waals surface area contributed by atoms with Gasteiger partial charge in [0.25, 0.3) is 5.91 Å². The average Bonchev–Trinajstić information content (AvgIpc) is 2.96. The highest BCUT2D eigenvalue weighted by Crippen LogP contribution is 2.29. The van der Waals surface area contributed by atoms with Crippen molar-refractivity contribution in [3.05, 3.63) is 53.7 Å². The van der Waals surface area contributed by atoms with Crippen LogP contribution >= 0.6 is 0 Å². The van der Waals surface area contributed by atoms with Gasteiger partial charge in [0.05, 0.1) is 23.9 Å². The fraction of sp³-hybridized carbons (Fsp3) is 0.0667. The number of nitrogens with zero attached hydrogens (tertiary/aromatic N) is 1. The van der Waals surface area contributed by atoms with Crippen LogP contribution in [0.5, 0.6) is 5.75 Å². The van der Waals surface area contributed by atoms with Gasteiger partial charge in [0.2, 0.25) is 0 Å². The van der Waals surface area contributed by atoms with Crippen molar-refractivity contribution in [2.75, 3.05) is 12.4 Å². The fourth-order valence-corrected chi connectivity index (χ4v) is 2.11. The number of hydrogen-bond donors (Lipinski definition) is 2. The second-order valence-corrected chi connectivity index (χ2v) is 4.55. The molecule has 1 aromatic heterocycles. The van der Waals surface area contributed by atoms with Crippen molar-refractivity contribution >= 4 is 22.5 Å². The van der Waals surface area contributed by atoms with E-state index in [9.17, 15) is 13.6 Å². The lowest BCUT2D eigenvalue weighted by Gasteiger charge is -2.11. The van der Waals surface area contributed by atoms with E-state index in [0.717, 1.165) is 11.5 Å². The van der Waals surface area contributed by atoms with E-state index >= 15 is 0 Å². The van der Waals surface area contributed by atoms with Crippen LogP contribution in [0.2, 0.25) is 0 Å². The van der Waals surface area contributed by atoms with E-state index in [4.69, 9.17) is 4.74 Å². The molecule has 112 valence electrons. The maximum absolute atomic E-state index is 13.7. The van der Waals surface area contributed by atoms with Crippen LogP contribution in [0.15, 0.2) is 36.5 Å². The first-order chi connectivity index (χ1) is 10.6. The van der Waals surface area contributed by atoms with Crippen LogP contribution in [-0.4, -0.2) is 23.2 Å². The Morgan fingerprint density at radius 2 is 2.14 bits per heavy atom. The number of nitrogens with one attached hydrogen (secondary N) is 2. The van der Waals surface area contributed by atoms with Gasteiger partial charge in [0.15, 0.2) is 11.6 Å². The number of amides is 1. The Bertz CT molecular complexity index is 861. The number of fused-ring (bicyclic) bond motifs is 1. The zero-order chi connectivity index (χ0) is 15.7. The van der Waals surface area contributed by atoms with E-state index in [0.29, 0.717) is 17.0 Å². The number of halogens is 2. The van der Waals surface area contributed by atoms with Gasteiger partial charge in [-0.25, -0.2) is 8.78 Å². The first kappa shape index (κ1) is 14.0. The molecule has 0 radical (unpaired) electrons. The number of hydrogen-bond acceptors (Lipinski definition) is 3. The molecule has 0 aliphatic rings. The molecule has 0 bridgehead atoms. The minimum Gasteiger partial charge on any atom is -0.494 e. The van der Waals surface area contributed by atoms with Gasteiger partial charge >= 0.3 is 0 Å². The number of methoxy groups -OCH3 is 1. The van der Waals surface area contributed by atoms with Crippen LogP contribution in [0.1, 0.15) is 10.4 Å². The van der Waals surface area contributed by atoms with Crippen molar-refractivity contribution in [3.63, 3.8) is 0 Å². The van der Waals surface area contributed by atoms with E-state index < -0.39 is 17.5 Å². The van der Waals surface area contributed by atoms with Crippen LogP contribution in [0.25, 0.3) is 10.9 Å². The van der Waals surface area contributed by atoms with Gasteiger partial charge in [0, 0.05) is 17.6 Å². The highest BCUT2D eigenvalue weighted by Gasteiger charge is 2.17. The quantitative estimate of drug-likeness (QED) is 0.781. The number of anilines is 1. The van der Waals surface area contributed by atoms with Gasteiger partial charge in [-0.1, -0.05) is 6.07 Å². The van der Waals surface area contributed by atoms with Gasteiger partial charge in [0.1, 0.15) is 5.75 Å². The molecule has 2 N–H and O–H groups in total. The van der Waals surface area contributed by atoms with Crippen molar-refractivity contribution in [1.29, 1.82) is 0 Å². The number of ether oxygens (including phenoxy) is 1. The Morgan fingerprint density at radius 3 is 2.91 bits per heavy atom. The molecule has 1 amide bonds. The summed E-state index contributed by atoms with van der Waals surface area (Å²) in [4.78, 5) is 12.1. The molecule has 1 heterocycles. The van der Waals surface area contributed by atoms with Crippen LogP contribution in [0.3, 0.4) is 0 Å². The Balaban J connectivity index is 1.98. The number of aromatic amines is 1. The summed E-state index contributed by atoms with van der Waals surface area (Å²) in [6.45, 7) is 0. The molecule has 2 aromatic carbocycles. The zero-order valence-electron chi connectivity index (χ0n) is 11.5. The molecular formula is C15H11F2N3O2. The molecule has 0 aliphatic carbocycles. The molecule has 7 heteroatoms. The lowest BCUT2D eigenvalue weighted by atomic mass is 10.1. The first-order valence-electron chi connectivity index (χ1n) is 6.37. The molecule has 3 rings (SSSR count). The Labute approximate surface area is 123 Å². The van der Waals surface area contributed by atoms with Crippen LogP contribution < -0.4 is 10.1 Å². The summed E-state index contributed by atoms with van der Waals surface area (Å²) in [5.74, 6) is -2.67. The van der Waals surface area contributed by atoms with Crippen molar-refractivity contribution in [3.8, 4) is 5.75 Å². The average molecular weight is 303 g/mol. The maximum atomic E-state index is 13.7. The standard InChI is InChI=1S/C15H11F2N3O2/c1-22-13-6-11-8(7-18-20-11)5-12(13)19-15(21)9-3-2-4-10(16)14(9)17/h2-7H,1H3,(H,18,20)(H,19,21). The van der Waals surface area contributed by atoms with E-state index in [1.165, 1.54) is 19.2 Å². The predicted molar refractivity (Wildman–Crippen MR) is 77.0 cm³/mol. The van der Waals surface area contributed by atoms with E-state index in [1.807, 2.05) is 0 Å². The van der Waals surface area contributed by atoms with Gasteiger partial charge in [-0.2, -0.15) is 5.10 Å². The number of aromatic nitrogens is 2.